The fourth-order valence-corrected chi connectivity index (χ4v) is 1.25. The van der Waals surface area contributed by atoms with Gasteiger partial charge in [-0.25, -0.2) is 4.39 Å². The first-order chi connectivity index (χ1) is 4.77. The molecule has 3 heteroatoms. The number of alkyl halides is 1. The molecule has 0 saturated carbocycles. The maximum absolute atomic E-state index is 13.3. The molecular formula is C7H14FNO. The van der Waals surface area contributed by atoms with E-state index in [2.05, 4.69) is 5.32 Å². The number of aliphatic hydroxyl groups is 1. The van der Waals surface area contributed by atoms with Crippen molar-refractivity contribution < 1.29 is 9.50 Å². The SMILES string of the molecule is OC[C@@]1(F)CCCNCC1. The molecule has 1 rings (SSSR count). The van der Waals surface area contributed by atoms with Gasteiger partial charge in [0.25, 0.3) is 0 Å². The molecule has 0 aliphatic carbocycles. The Morgan fingerprint density at radius 3 is 2.90 bits per heavy atom. The van der Waals surface area contributed by atoms with E-state index in [0.29, 0.717) is 19.4 Å². The standard InChI is InChI=1S/C7H14FNO/c8-7(6-10)2-1-4-9-5-3-7/h9-10H,1-6H2/t7-/m1/s1. The Hall–Kier alpha value is -0.150. The minimum atomic E-state index is -1.30. The van der Waals surface area contributed by atoms with E-state index in [4.69, 9.17) is 5.11 Å². The van der Waals surface area contributed by atoms with Crippen LogP contribution in [0.3, 0.4) is 0 Å². The molecule has 0 aromatic rings. The molecule has 10 heavy (non-hydrogen) atoms. The molecule has 1 fully saturated rings. The van der Waals surface area contributed by atoms with Gasteiger partial charge >= 0.3 is 0 Å². The molecular weight excluding hydrogens is 133 g/mol. The van der Waals surface area contributed by atoms with Gasteiger partial charge in [-0.05, 0) is 32.4 Å². The van der Waals surface area contributed by atoms with E-state index < -0.39 is 5.67 Å². The second-order valence-corrected chi connectivity index (χ2v) is 2.91. The lowest BCUT2D eigenvalue weighted by molar-refractivity contribution is 0.0596. The molecule has 1 aliphatic heterocycles. The zero-order valence-electron chi connectivity index (χ0n) is 6.07. The number of rotatable bonds is 1. The average Bonchev–Trinajstić information content (AvgIpc) is 2.15. The van der Waals surface area contributed by atoms with Gasteiger partial charge in [0.2, 0.25) is 0 Å². The smallest absolute Gasteiger partial charge is 0.135 e. The highest BCUT2D eigenvalue weighted by molar-refractivity contribution is 4.81. The maximum Gasteiger partial charge on any atom is 0.135 e. The van der Waals surface area contributed by atoms with Crippen LogP contribution in [-0.2, 0) is 0 Å². The van der Waals surface area contributed by atoms with Gasteiger partial charge in [0, 0.05) is 0 Å². The lowest BCUT2D eigenvalue weighted by Crippen LogP contribution is -2.28. The number of aliphatic hydroxyl groups excluding tert-OH is 1. The van der Waals surface area contributed by atoms with Crippen LogP contribution in [0.2, 0.25) is 0 Å². The highest BCUT2D eigenvalue weighted by atomic mass is 19.1. The Labute approximate surface area is 60.4 Å². The van der Waals surface area contributed by atoms with Crippen molar-refractivity contribution in [3.05, 3.63) is 0 Å². The number of hydrogen-bond donors (Lipinski definition) is 2. The Bertz CT molecular complexity index is 99.8. The largest absolute Gasteiger partial charge is 0.393 e. The van der Waals surface area contributed by atoms with Gasteiger partial charge in [-0.1, -0.05) is 0 Å². The molecule has 60 valence electrons. The predicted molar refractivity (Wildman–Crippen MR) is 37.6 cm³/mol. The van der Waals surface area contributed by atoms with Crippen molar-refractivity contribution >= 4 is 0 Å². The monoisotopic (exact) mass is 147 g/mol. The van der Waals surface area contributed by atoms with Gasteiger partial charge in [-0.3, -0.25) is 0 Å². The molecule has 0 unspecified atom stereocenters. The minimum Gasteiger partial charge on any atom is -0.393 e. The minimum absolute atomic E-state index is 0.325. The van der Waals surface area contributed by atoms with E-state index >= 15 is 0 Å². The molecule has 1 saturated heterocycles. The first kappa shape index (κ1) is 7.95. The van der Waals surface area contributed by atoms with E-state index in [1.165, 1.54) is 0 Å². The summed E-state index contributed by atoms with van der Waals surface area (Å²) in [6.07, 6.45) is 1.77. The molecule has 1 aliphatic rings. The zero-order valence-corrected chi connectivity index (χ0v) is 6.07. The normalized spacial score (nSPS) is 35.4. The van der Waals surface area contributed by atoms with Crippen LogP contribution in [0, 0.1) is 0 Å². The molecule has 2 nitrogen and oxygen atoms in total. The Morgan fingerprint density at radius 2 is 2.20 bits per heavy atom. The van der Waals surface area contributed by atoms with Crippen molar-refractivity contribution in [2.24, 2.45) is 0 Å². The third kappa shape index (κ3) is 1.92. The first-order valence-electron chi connectivity index (χ1n) is 3.77. The summed E-state index contributed by atoms with van der Waals surface area (Å²) in [6.45, 7) is 1.25. The number of nitrogens with one attached hydrogen (secondary N) is 1. The summed E-state index contributed by atoms with van der Waals surface area (Å²) in [4.78, 5) is 0. The fourth-order valence-electron chi connectivity index (χ4n) is 1.25. The van der Waals surface area contributed by atoms with Gasteiger partial charge in [-0.15, -0.1) is 0 Å². The summed E-state index contributed by atoms with van der Waals surface area (Å²) in [5.41, 5.74) is -1.30. The predicted octanol–water partition coefficient (Wildman–Crippen LogP) is 0.461. The average molecular weight is 147 g/mol. The topological polar surface area (TPSA) is 32.3 Å². The lowest BCUT2D eigenvalue weighted by Gasteiger charge is -2.19. The van der Waals surface area contributed by atoms with Crippen LogP contribution in [0.15, 0.2) is 0 Å². The quantitative estimate of drug-likeness (QED) is 0.564. The van der Waals surface area contributed by atoms with E-state index in [1.54, 1.807) is 0 Å². The number of hydrogen-bond acceptors (Lipinski definition) is 2. The van der Waals surface area contributed by atoms with E-state index in [9.17, 15) is 4.39 Å². The second-order valence-electron chi connectivity index (χ2n) is 2.91. The summed E-state index contributed by atoms with van der Waals surface area (Å²) in [5.74, 6) is 0. The summed E-state index contributed by atoms with van der Waals surface area (Å²) in [7, 11) is 0. The van der Waals surface area contributed by atoms with Crippen LogP contribution in [0.5, 0.6) is 0 Å². The summed E-state index contributed by atoms with van der Waals surface area (Å²) < 4.78 is 13.3. The molecule has 0 bridgehead atoms. The van der Waals surface area contributed by atoms with Crippen molar-refractivity contribution in [1.82, 2.24) is 5.32 Å². The summed E-state index contributed by atoms with van der Waals surface area (Å²) in [6, 6.07) is 0. The van der Waals surface area contributed by atoms with Gasteiger partial charge < -0.3 is 10.4 Å². The van der Waals surface area contributed by atoms with Crippen molar-refractivity contribution in [2.45, 2.75) is 24.9 Å². The third-order valence-corrected chi connectivity index (χ3v) is 2.01. The molecule has 0 radical (unpaired) electrons. The van der Waals surface area contributed by atoms with Crippen LogP contribution in [0.1, 0.15) is 19.3 Å². The Balaban J connectivity index is 2.41. The summed E-state index contributed by atoms with van der Waals surface area (Å²) >= 11 is 0. The van der Waals surface area contributed by atoms with E-state index in [-0.39, 0.29) is 6.61 Å². The van der Waals surface area contributed by atoms with Crippen LogP contribution in [0.4, 0.5) is 4.39 Å². The Morgan fingerprint density at radius 1 is 1.40 bits per heavy atom. The van der Waals surface area contributed by atoms with Gasteiger partial charge in [0.15, 0.2) is 0 Å². The van der Waals surface area contributed by atoms with Crippen LogP contribution in [0.25, 0.3) is 0 Å². The molecule has 1 heterocycles. The van der Waals surface area contributed by atoms with Gasteiger partial charge in [0.1, 0.15) is 5.67 Å². The van der Waals surface area contributed by atoms with Crippen molar-refractivity contribution in [1.29, 1.82) is 0 Å². The van der Waals surface area contributed by atoms with Crippen LogP contribution >= 0.6 is 0 Å². The zero-order chi connectivity index (χ0) is 7.45. The van der Waals surface area contributed by atoms with Crippen molar-refractivity contribution in [3.8, 4) is 0 Å². The van der Waals surface area contributed by atoms with Crippen LogP contribution < -0.4 is 5.32 Å². The molecule has 1 atom stereocenters. The van der Waals surface area contributed by atoms with Crippen molar-refractivity contribution in [3.63, 3.8) is 0 Å². The van der Waals surface area contributed by atoms with E-state index in [0.717, 1.165) is 13.0 Å². The fraction of sp³-hybridized carbons (Fsp3) is 1.00. The highest BCUT2D eigenvalue weighted by Gasteiger charge is 2.28. The van der Waals surface area contributed by atoms with E-state index in [1.807, 2.05) is 0 Å². The third-order valence-electron chi connectivity index (χ3n) is 2.01. The Kier molecular flexibility index (Phi) is 2.63. The first-order valence-corrected chi connectivity index (χ1v) is 3.77. The second kappa shape index (κ2) is 3.30. The maximum atomic E-state index is 13.3. The van der Waals surface area contributed by atoms with Crippen molar-refractivity contribution in [2.75, 3.05) is 19.7 Å². The van der Waals surface area contributed by atoms with Gasteiger partial charge in [0.05, 0.1) is 6.61 Å². The molecule has 0 aromatic heterocycles. The van der Waals surface area contributed by atoms with Gasteiger partial charge in [-0.2, -0.15) is 0 Å². The number of halogens is 1. The summed E-state index contributed by atoms with van der Waals surface area (Å²) in [5, 5.41) is 11.8. The lowest BCUT2D eigenvalue weighted by atomic mass is 9.98. The molecule has 0 aromatic carbocycles. The molecule has 0 spiro atoms. The van der Waals surface area contributed by atoms with Crippen LogP contribution in [-0.4, -0.2) is 30.5 Å². The highest BCUT2D eigenvalue weighted by Crippen LogP contribution is 2.22. The molecule has 0 amide bonds. The molecule has 2 N–H and O–H groups in total.